The van der Waals surface area contributed by atoms with Gasteiger partial charge in [-0.15, -0.1) is 0 Å². The lowest BCUT2D eigenvalue weighted by Gasteiger charge is -2.33. The lowest BCUT2D eigenvalue weighted by atomic mass is 9.92. The number of rotatable bonds is 2. The van der Waals surface area contributed by atoms with Gasteiger partial charge in [0.05, 0.1) is 6.07 Å². The second-order valence-corrected chi connectivity index (χ2v) is 10.7. The van der Waals surface area contributed by atoms with Crippen LogP contribution in [0.2, 0.25) is 19.6 Å². The van der Waals surface area contributed by atoms with Crippen molar-refractivity contribution >= 4 is 8.32 Å². The van der Waals surface area contributed by atoms with E-state index in [0.717, 1.165) is 44.9 Å². The van der Waals surface area contributed by atoms with Crippen molar-refractivity contribution in [3.8, 4) is 6.07 Å². The van der Waals surface area contributed by atoms with Crippen LogP contribution in [-0.2, 0) is 4.43 Å². The van der Waals surface area contributed by atoms with Crippen molar-refractivity contribution < 1.29 is 4.43 Å². The second kappa shape index (κ2) is 7.67. The number of nitriles is 1. The van der Waals surface area contributed by atoms with Crippen molar-refractivity contribution in [2.75, 3.05) is 0 Å². The second-order valence-electron chi connectivity index (χ2n) is 6.27. The zero-order valence-electron chi connectivity index (χ0n) is 12.6. The third kappa shape index (κ3) is 6.75. The molecule has 106 valence electrons. The van der Waals surface area contributed by atoms with Gasteiger partial charge in [-0.3, -0.25) is 0 Å². The molecule has 0 aromatic rings. The van der Waals surface area contributed by atoms with Crippen LogP contribution in [0.25, 0.3) is 0 Å². The molecule has 3 heteroatoms. The van der Waals surface area contributed by atoms with E-state index in [1.165, 1.54) is 0 Å². The quantitative estimate of drug-likeness (QED) is 0.528. The minimum Gasteiger partial charge on any atom is -0.400 e. The molecule has 0 aliphatic heterocycles. The molecule has 0 fully saturated rings. The zero-order chi connectivity index (χ0) is 14.2. The van der Waals surface area contributed by atoms with Crippen LogP contribution in [0.5, 0.6) is 0 Å². The Bertz CT molecular complexity index is 362. The van der Waals surface area contributed by atoms with Gasteiger partial charge in [-0.05, 0) is 64.6 Å². The summed E-state index contributed by atoms with van der Waals surface area (Å²) in [5.41, 5.74) is -0.568. The Morgan fingerprint density at radius 2 is 1.53 bits per heavy atom. The highest BCUT2D eigenvalue weighted by Gasteiger charge is 2.35. The van der Waals surface area contributed by atoms with Gasteiger partial charge in [-0.25, -0.2) is 0 Å². The van der Waals surface area contributed by atoms with E-state index in [0.29, 0.717) is 0 Å². The molecule has 1 aliphatic rings. The average molecular weight is 277 g/mol. The summed E-state index contributed by atoms with van der Waals surface area (Å²) in [5, 5.41) is 9.61. The molecule has 0 heterocycles. The van der Waals surface area contributed by atoms with Crippen LogP contribution < -0.4 is 0 Å². The summed E-state index contributed by atoms with van der Waals surface area (Å²) in [6, 6.07) is 2.48. The van der Waals surface area contributed by atoms with E-state index < -0.39 is 13.9 Å². The Morgan fingerprint density at radius 3 is 2.11 bits per heavy atom. The van der Waals surface area contributed by atoms with Gasteiger partial charge in [0.1, 0.15) is 5.60 Å². The van der Waals surface area contributed by atoms with Gasteiger partial charge >= 0.3 is 0 Å². The predicted octanol–water partition coefficient (Wildman–Crippen LogP) is 4.96. The highest BCUT2D eigenvalue weighted by Crippen LogP contribution is 2.29. The van der Waals surface area contributed by atoms with Gasteiger partial charge in [-0.1, -0.05) is 24.3 Å². The van der Waals surface area contributed by atoms with E-state index in [9.17, 15) is 5.26 Å². The fourth-order valence-corrected chi connectivity index (χ4v) is 3.86. The molecule has 0 spiro atoms. The number of nitrogens with zero attached hydrogens (tertiary/aromatic N) is 1. The third-order valence-electron chi connectivity index (χ3n) is 3.20. The Labute approximate surface area is 119 Å². The van der Waals surface area contributed by atoms with E-state index in [1.54, 1.807) is 0 Å². The molecule has 2 nitrogen and oxygen atoms in total. The normalized spacial score (nSPS) is 29.6. The smallest absolute Gasteiger partial charge is 0.185 e. The fraction of sp³-hybridized carbons (Fsp3) is 0.688. The first kappa shape index (κ1) is 16.2. The SMILES string of the molecule is C[Si](C)(C)OC1(C#N)CC/C=C\CC/C=C\CCC1. The minimum atomic E-state index is -1.69. The van der Waals surface area contributed by atoms with Crippen molar-refractivity contribution in [3.05, 3.63) is 24.3 Å². The maximum absolute atomic E-state index is 9.61. The van der Waals surface area contributed by atoms with Gasteiger partial charge in [-0.2, -0.15) is 5.26 Å². The fourth-order valence-electron chi connectivity index (χ4n) is 2.43. The summed E-state index contributed by atoms with van der Waals surface area (Å²) in [6.07, 6.45) is 15.9. The summed E-state index contributed by atoms with van der Waals surface area (Å²) in [4.78, 5) is 0. The summed E-state index contributed by atoms with van der Waals surface area (Å²) >= 11 is 0. The first-order valence-corrected chi connectivity index (χ1v) is 10.8. The van der Waals surface area contributed by atoms with Crippen molar-refractivity contribution in [2.24, 2.45) is 0 Å². The maximum atomic E-state index is 9.61. The van der Waals surface area contributed by atoms with Gasteiger partial charge in [0.25, 0.3) is 0 Å². The summed E-state index contributed by atoms with van der Waals surface area (Å²) in [6.45, 7) is 6.49. The molecule has 1 aliphatic carbocycles. The first-order chi connectivity index (χ1) is 8.97. The molecule has 1 atom stereocenters. The molecule has 0 amide bonds. The van der Waals surface area contributed by atoms with Crippen LogP contribution in [0.15, 0.2) is 24.3 Å². The number of hydrogen-bond donors (Lipinski definition) is 0. The highest BCUT2D eigenvalue weighted by molar-refractivity contribution is 6.69. The van der Waals surface area contributed by atoms with Crippen molar-refractivity contribution in [2.45, 2.75) is 70.2 Å². The highest BCUT2D eigenvalue weighted by atomic mass is 28.4. The van der Waals surface area contributed by atoms with Crippen molar-refractivity contribution in [3.63, 3.8) is 0 Å². The molecule has 0 aromatic carbocycles. The summed E-state index contributed by atoms with van der Waals surface area (Å²) in [5.74, 6) is 0. The van der Waals surface area contributed by atoms with Gasteiger partial charge in [0.2, 0.25) is 0 Å². The molecule has 0 saturated heterocycles. The van der Waals surface area contributed by atoms with E-state index >= 15 is 0 Å². The minimum absolute atomic E-state index is 0.568. The summed E-state index contributed by atoms with van der Waals surface area (Å²) < 4.78 is 6.24. The van der Waals surface area contributed by atoms with Crippen molar-refractivity contribution in [1.29, 1.82) is 5.26 Å². The number of hydrogen-bond acceptors (Lipinski definition) is 2. The molecule has 19 heavy (non-hydrogen) atoms. The standard InChI is InChI=1S/C16H27NOSi/c1-19(2,3)18-16(15-17)13-11-9-7-5-4-6-8-10-12-14-16/h5,7-8,10H,4,6,9,11-14H2,1-3H3/b7-5-,10-8-. The Kier molecular flexibility index (Phi) is 6.54. The van der Waals surface area contributed by atoms with Crippen LogP contribution in [0.1, 0.15) is 44.9 Å². The molecule has 0 radical (unpaired) electrons. The van der Waals surface area contributed by atoms with Gasteiger partial charge in [0.15, 0.2) is 8.32 Å². The molecular formula is C16H27NOSi. The molecule has 0 bridgehead atoms. The molecule has 0 aromatic heterocycles. The molecule has 1 rings (SSSR count). The topological polar surface area (TPSA) is 33.0 Å². The molecular weight excluding hydrogens is 250 g/mol. The lowest BCUT2D eigenvalue weighted by Crippen LogP contribution is -2.41. The van der Waals surface area contributed by atoms with Crippen LogP contribution >= 0.6 is 0 Å². The van der Waals surface area contributed by atoms with Crippen LogP contribution in [-0.4, -0.2) is 13.9 Å². The van der Waals surface area contributed by atoms with Crippen LogP contribution in [0.4, 0.5) is 0 Å². The monoisotopic (exact) mass is 277 g/mol. The third-order valence-corrected chi connectivity index (χ3v) is 4.21. The largest absolute Gasteiger partial charge is 0.400 e. The number of allylic oxidation sites excluding steroid dienone is 4. The zero-order valence-corrected chi connectivity index (χ0v) is 13.6. The predicted molar refractivity (Wildman–Crippen MR) is 83.4 cm³/mol. The van der Waals surface area contributed by atoms with Crippen LogP contribution in [0, 0.1) is 11.3 Å². The van der Waals surface area contributed by atoms with E-state index in [1.807, 2.05) is 0 Å². The Hall–Kier alpha value is -0.853. The first-order valence-electron chi connectivity index (χ1n) is 7.39. The molecule has 0 saturated carbocycles. The summed E-state index contributed by atoms with van der Waals surface area (Å²) in [7, 11) is -1.69. The van der Waals surface area contributed by atoms with Gasteiger partial charge < -0.3 is 4.43 Å². The van der Waals surface area contributed by atoms with Gasteiger partial charge in [0, 0.05) is 0 Å². The average Bonchev–Trinajstić information content (AvgIpc) is 2.31. The molecule has 0 N–H and O–H groups in total. The Balaban J connectivity index is 2.76. The van der Waals surface area contributed by atoms with E-state index in [4.69, 9.17) is 4.43 Å². The van der Waals surface area contributed by atoms with Crippen LogP contribution in [0.3, 0.4) is 0 Å². The van der Waals surface area contributed by atoms with Crippen molar-refractivity contribution in [1.82, 2.24) is 0 Å². The Morgan fingerprint density at radius 1 is 0.947 bits per heavy atom. The maximum Gasteiger partial charge on any atom is 0.185 e. The van der Waals surface area contributed by atoms with E-state index in [-0.39, 0.29) is 0 Å². The molecule has 1 unspecified atom stereocenters. The van der Waals surface area contributed by atoms with E-state index in [2.05, 4.69) is 50.0 Å². The lowest BCUT2D eigenvalue weighted by molar-refractivity contribution is 0.0987.